The van der Waals surface area contributed by atoms with Crippen LogP contribution in [0.15, 0.2) is 23.1 Å². The van der Waals surface area contributed by atoms with Crippen LogP contribution in [-0.2, 0) is 9.59 Å². The fourth-order valence-corrected chi connectivity index (χ4v) is 4.59. The molecule has 0 aromatic heterocycles. The van der Waals surface area contributed by atoms with Crippen molar-refractivity contribution >= 4 is 46.9 Å². The Morgan fingerprint density at radius 3 is 2.64 bits per heavy atom. The van der Waals surface area contributed by atoms with Crippen LogP contribution in [0.5, 0.6) is 0 Å². The van der Waals surface area contributed by atoms with Gasteiger partial charge < -0.3 is 16.0 Å². The first-order chi connectivity index (χ1) is 13.0. The molecule has 0 bridgehead atoms. The Bertz CT molecular complexity index is 809. The zero-order valence-electron chi connectivity index (χ0n) is 15.8. The fraction of sp³-hybridized carbons (Fsp3) is 0.471. The Kier molecular flexibility index (Phi) is 6.94. The highest BCUT2D eigenvalue weighted by atomic mass is 32.2. The van der Waals surface area contributed by atoms with Gasteiger partial charge in [-0.2, -0.15) is 0 Å². The molecule has 1 aromatic rings. The van der Waals surface area contributed by atoms with Crippen molar-refractivity contribution in [1.29, 1.82) is 0 Å². The monoisotopic (exact) mass is 426 g/mol. The minimum Gasteiger partial charge on any atom is -0.366 e. The lowest BCUT2D eigenvalue weighted by Crippen LogP contribution is -2.52. The molecule has 1 heterocycles. The van der Waals surface area contributed by atoms with Crippen LogP contribution in [0.3, 0.4) is 0 Å². The lowest BCUT2D eigenvalue weighted by atomic mass is 10.1. The highest BCUT2D eigenvalue weighted by Crippen LogP contribution is 2.31. The number of nitrogens with zero attached hydrogens (tertiary/aromatic N) is 2. The van der Waals surface area contributed by atoms with E-state index in [-0.39, 0.29) is 33.7 Å². The molecule has 0 radical (unpaired) electrons. The number of amides is 3. The predicted octanol–water partition coefficient (Wildman–Crippen LogP) is 1.60. The summed E-state index contributed by atoms with van der Waals surface area (Å²) >= 11 is 2.47. The van der Waals surface area contributed by atoms with Gasteiger partial charge in [-0.1, -0.05) is 0 Å². The Hall–Kier alpha value is -2.27. The van der Waals surface area contributed by atoms with Crippen LogP contribution in [0, 0.1) is 10.1 Å². The van der Waals surface area contributed by atoms with Gasteiger partial charge in [0.15, 0.2) is 0 Å². The molecule has 152 valence electrons. The number of rotatable bonds is 6. The average molecular weight is 427 g/mol. The summed E-state index contributed by atoms with van der Waals surface area (Å²) in [5, 5.41) is 14.1. The molecule has 3 amide bonds. The van der Waals surface area contributed by atoms with Gasteiger partial charge in [-0.15, -0.1) is 23.5 Å². The molecule has 1 unspecified atom stereocenters. The van der Waals surface area contributed by atoms with Crippen LogP contribution < -0.4 is 11.1 Å². The maximum absolute atomic E-state index is 12.6. The zero-order valence-corrected chi connectivity index (χ0v) is 17.4. The standard InChI is InChI=1S/C17H22N4O5S2/c1-17(2,3)19-16(24)12-7-27-9-20(12)14(22)8-28-13-5-4-10(15(18)23)6-11(13)21(25)26/h4-6,12H,7-9H2,1-3H3,(H2,18,23)(H,19,24). The van der Waals surface area contributed by atoms with Crippen molar-refractivity contribution in [1.82, 2.24) is 10.2 Å². The van der Waals surface area contributed by atoms with Crippen LogP contribution >= 0.6 is 23.5 Å². The van der Waals surface area contributed by atoms with Crippen molar-refractivity contribution in [2.75, 3.05) is 17.4 Å². The predicted molar refractivity (Wildman–Crippen MR) is 108 cm³/mol. The maximum Gasteiger partial charge on any atom is 0.283 e. The van der Waals surface area contributed by atoms with E-state index in [4.69, 9.17) is 5.73 Å². The van der Waals surface area contributed by atoms with E-state index in [2.05, 4.69) is 5.32 Å². The molecule has 9 nitrogen and oxygen atoms in total. The van der Waals surface area contributed by atoms with Crippen molar-refractivity contribution < 1.29 is 19.3 Å². The van der Waals surface area contributed by atoms with Crippen LogP contribution in [-0.4, -0.2) is 56.5 Å². The number of hydrogen-bond acceptors (Lipinski definition) is 7. The number of nitro benzene ring substituents is 1. The normalized spacial score (nSPS) is 16.7. The number of carbonyl (C=O) groups excluding carboxylic acids is 3. The van der Waals surface area contributed by atoms with E-state index in [9.17, 15) is 24.5 Å². The highest BCUT2D eigenvalue weighted by Gasteiger charge is 2.36. The summed E-state index contributed by atoms with van der Waals surface area (Å²) in [4.78, 5) is 48.7. The smallest absolute Gasteiger partial charge is 0.283 e. The average Bonchev–Trinajstić information content (AvgIpc) is 3.07. The Morgan fingerprint density at radius 2 is 2.07 bits per heavy atom. The molecule has 1 aliphatic heterocycles. The molecule has 2 rings (SSSR count). The summed E-state index contributed by atoms with van der Waals surface area (Å²) in [5.74, 6) is -0.422. The van der Waals surface area contributed by atoms with E-state index in [1.165, 1.54) is 28.8 Å². The van der Waals surface area contributed by atoms with E-state index in [0.717, 1.165) is 17.8 Å². The van der Waals surface area contributed by atoms with E-state index >= 15 is 0 Å². The van der Waals surface area contributed by atoms with E-state index < -0.39 is 22.4 Å². The first-order valence-electron chi connectivity index (χ1n) is 8.40. The number of carbonyl (C=O) groups is 3. The Labute approximate surface area is 170 Å². The number of nitro groups is 1. The third-order valence-corrected chi connectivity index (χ3v) is 5.85. The first kappa shape index (κ1) is 22.0. The molecule has 1 aromatic carbocycles. The topological polar surface area (TPSA) is 136 Å². The number of nitrogens with two attached hydrogens (primary N) is 1. The third kappa shape index (κ3) is 5.61. The quantitative estimate of drug-likeness (QED) is 0.400. The van der Waals surface area contributed by atoms with E-state index in [0.29, 0.717) is 11.6 Å². The Morgan fingerprint density at radius 1 is 1.39 bits per heavy atom. The molecule has 0 aliphatic carbocycles. The number of hydrogen-bond donors (Lipinski definition) is 2. The zero-order chi connectivity index (χ0) is 21.1. The SMILES string of the molecule is CC(C)(C)NC(=O)C1CSCN1C(=O)CSc1ccc(C(N)=O)cc1[N+](=O)[O-]. The number of thioether (sulfide) groups is 2. The molecule has 0 saturated carbocycles. The summed E-state index contributed by atoms with van der Waals surface area (Å²) in [5.41, 5.74) is 4.49. The van der Waals surface area contributed by atoms with E-state index in [1.54, 1.807) is 0 Å². The molecule has 1 atom stereocenters. The van der Waals surface area contributed by atoms with Crippen molar-refractivity contribution in [3.8, 4) is 0 Å². The maximum atomic E-state index is 12.6. The summed E-state index contributed by atoms with van der Waals surface area (Å²) in [6.45, 7) is 5.59. The van der Waals surface area contributed by atoms with Crippen molar-refractivity contribution in [2.45, 2.75) is 37.2 Å². The summed E-state index contributed by atoms with van der Waals surface area (Å²) in [6.07, 6.45) is 0. The van der Waals surface area contributed by atoms with Crippen molar-refractivity contribution in [2.24, 2.45) is 5.73 Å². The molecule has 0 spiro atoms. The van der Waals surface area contributed by atoms with Crippen LogP contribution in [0.2, 0.25) is 0 Å². The largest absolute Gasteiger partial charge is 0.366 e. The van der Waals surface area contributed by atoms with Gasteiger partial charge in [0, 0.05) is 22.9 Å². The van der Waals surface area contributed by atoms with Crippen molar-refractivity contribution in [3.05, 3.63) is 33.9 Å². The second-order valence-electron chi connectivity index (χ2n) is 7.21. The van der Waals surface area contributed by atoms with Gasteiger partial charge in [0.2, 0.25) is 17.7 Å². The van der Waals surface area contributed by atoms with Gasteiger partial charge >= 0.3 is 0 Å². The third-order valence-electron chi connectivity index (χ3n) is 3.79. The minimum absolute atomic E-state index is 0.0252. The summed E-state index contributed by atoms with van der Waals surface area (Å²) in [7, 11) is 0. The number of benzene rings is 1. The van der Waals surface area contributed by atoms with Crippen LogP contribution in [0.25, 0.3) is 0 Å². The Balaban J connectivity index is 2.08. The highest BCUT2D eigenvalue weighted by molar-refractivity contribution is 8.00. The summed E-state index contributed by atoms with van der Waals surface area (Å²) in [6, 6.07) is 3.32. The van der Waals surface area contributed by atoms with Gasteiger partial charge in [0.05, 0.1) is 21.4 Å². The van der Waals surface area contributed by atoms with Crippen LogP contribution in [0.1, 0.15) is 31.1 Å². The molecule has 1 fully saturated rings. The molecule has 3 N–H and O–H groups in total. The second kappa shape index (κ2) is 8.82. The molecule has 1 aliphatic rings. The summed E-state index contributed by atoms with van der Waals surface area (Å²) < 4.78 is 0. The molecular formula is C17H22N4O5S2. The molecule has 11 heteroatoms. The molecule has 1 saturated heterocycles. The first-order valence-corrected chi connectivity index (χ1v) is 10.5. The van der Waals surface area contributed by atoms with Crippen molar-refractivity contribution in [3.63, 3.8) is 0 Å². The van der Waals surface area contributed by atoms with Gasteiger partial charge in [0.1, 0.15) is 6.04 Å². The molecular weight excluding hydrogens is 404 g/mol. The van der Waals surface area contributed by atoms with E-state index in [1.807, 2.05) is 20.8 Å². The second-order valence-corrected chi connectivity index (χ2v) is 9.23. The number of primary amides is 1. The van der Waals surface area contributed by atoms with Gasteiger partial charge in [-0.05, 0) is 32.9 Å². The van der Waals surface area contributed by atoms with Gasteiger partial charge in [-0.3, -0.25) is 24.5 Å². The molecule has 28 heavy (non-hydrogen) atoms. The number of nitrogens with one attached hydrogen (secondary N) is 1. The lowest BCUT2D eigenvalue weighted by molar-refractivity contribution is -0.387. The minimum atomic E-state index is -0.766. The fourth-order valence-electron chi connectivity index (χ4n) is 2.52. The van der Waals surface area contributed by atoms with Crippen LogP contribution in [0.4, 0.5) is 5.69 Å². The lowest BCUT2D eigenvalue weighted by Gasteiger charge is -2.27. The van der Waals surface area contributed by atoms with Gasteiger partial charge in [0.25, 0.3) is 5.69 Å². The van der Waals surface area contributed by atoms with Gasteiger partial charge in [-0.25, -0.2) is 0 Å².